The molecule has 126 valence electrons. The topological polar surface area (TPSA) is 49.8 Å². The Kier molecular flexibility index (Phi) is 3.48. The highest BCUT2D eigenvalue weighted by atomic mass is 32.1. The maximum absolute atomic E-state index is 6.03. The third-order valence-corrected chi connectivity index (χ3v) is 5.12. The molecular weight excluding hydrogens is 338 g/mol. The van der Waals surface area contributed by atoms with Crippen molar-refractivity contribution in [2.75, 3.05) is 13.2 Å². The molecule has 2 aliphatic rings. The fourth-order valence-corrected chi connectivity index (χ4v) is 3.77. The number of benzene rings is 2. The van der Waals surface area contributed by atoms with Crippen molar-refractivity contribution in [3.05, 3.63) is 64.6 Å². The van der Waals surface area contributed by atoms with E-state index in [2.05, 4.69) is 0 Å². The number of fused-ring (bicyclic) bond motifs is 2. The van der Waals surface area contributed by atoms with Crippen LogP contribution in [0.5, 0.6) is 23.0 Å². The van der Waals surface area contributed by atoms with E-state index in [9.17, 15) is 0 Å². The lowest BCUT2D eigenvalue weighted by atomic mass is 10.2. The number of aromatic nitrogens is 1. The van der Waals surface area contributed by atoms with E-state index in [1.54, 1.807) is 11.3 Å². The molecule has 6 heteroatoms. The molecule has 0 saturated carbocycles. The third-order valence-electron chi connectivity index (χ3n) is 4.16. The minimum Gasteiger partial charge on any atom is -0.485 e. The molecule has 0 aliphatic carbocycles. The molecule has 0 saturated heterocycles. The highest BCUT2D eigenvalue weighted by Gasteiger charge is 2.28. The van der Waals surface area contributed by atoms with Crippen molar-refractivity contribution in [3.63, 3.8) is 0 Å². The van der Waals surface area contributed by atoms with Crippen molar-refractivity contribution in [2.24, 2.45) is 0 Å². The summed E-state index contributed by atoms with van der Waals surface area (Å²) in [6, 6.07) is 15.4. The molecule has 5 nitrogen and oxygen atoms in total. The minimum atomic E-state index is -0.211. The van der Waals surface area contributed by atoms with Crippen LogP contribution in [0, 0.1) is 0 Å². The van der Waals surface area contributed by atoms with Gasteiger partial charge in [-0.1, -0.05) is 24.3 Å². The Labute approximate surface area is 148 Å². The molecule has 25 heavy (non-hydrogen) atoms. The van der Waals surface area contributed by atoms with Crippen LogP contribution in [0.1, 0.15) is 22.9 Å². The highest BCUT2D eigenvalue weighted by Crippen LogP contribution is 2.39. The molecule has 0 amide bonds. The first-order valence-corrected chi connectivity index (χ1v) is 8.97. The van der Waals surface area contributed by atoms with Crippen LogP contribution in [0.3, 0.4) is 0 Å². The van der Waals surface area contributed by atoms with Gasteiger partial charge in [-0.2, -0.15) is 0 Å². The summed E-state index contributed by atoms with van der Waals surface area (Å²) in [5.41, 5.74) is 0.858. The maximum Gasteiger partial charge on any atom is 0.184 e. The van der Waals surface area contributed by atoms with E-state index in [0.717, 1.165) is 33.7 Å². The van der Waals surface area contributed by atoms with Crippen molar-refractivity contribution in [3.8, 4) is 23.0 Å². The number of ether oxygens (including phenoxy) is 4. The van der Waals surface area contributed by atoms with Gasteiger partial charge in [-0.15, -0.1) is 11.3 Å². The quantitative estimate of drug-likeness (QED) is 0.692. The maximum atomic E-state index is 6.03. The molecule has 0 spiro atoms. The monoisotopic (exact) mass is 353 g/mol. The van der Waals surface area contributed by atoms with E-state index in [-0.39, 0.29) is 12.2 Å². The van der Waals surface area contributed by atoms with Crippen LogP contribution in [-0.4, -0.2) is 18.2 Å². The lowest BCUT2D eigenvalue weighted by Gasteiger charge is -2.26. The second-order valence-corrected chi connectivity index (χ2v) is 6.73. The van der Waals surface area contributed by atoms with Crippen LogP contribution in [0.15, 0.2) is 53.9 Å². The van der Waals surface area contributed by atoms with Gasteiger partial charge in [0.05, 0.1) is 5.69 Å². The predicted octanol–water partition coefficient (Wildman–Crippen LogP) is 4.17. The molecule has 0 radical (unpaired) electrons. The smallest absolute Gasteiger partial charge is 0.184 e. The highest BCUT2D eigenvalue weighted by molar-refractivity contribution is 7.09. The lowest BCUT2D eigenvalue weighted by molar-refractivity contribution is 0.0835. The van der Waals surface area contributed by atoms with Crippen molar-refractivity contribution in [1.29, 1.82) is 0 Å². The summed E-state index contributed by atoms with van der Waals surface area (Å²) in [5, 5.41) is 2.88. The molecular formula is C19H15NO4S. The molecule has 0 unspecified atom stereocenters. The van der Waals surface area contributed by atoms with Gasteiger partial charge in [0.25, 0.3) is 0 Å². The van der Waals surface area contributed by atoms with Crippen LogP contribution in [0.2, 0.25) is 0 Å². The fraction of sp³-hybridized carbons (Fsp3) is 0.211. The van der Waals surface area contributed by atoms with Gasteiger partial charge >= 0.3 is 0 Å². The Morgan fingerprint density at radius 1 is 0.760 bits per heavy atom. The van der Waals surface area contributed by atoms with Gasteiger partial charge in [0.2, 0.25) is 0 Å². The standard InChI is InChI=1S/C19H15NO4S/c1-3-7-15-13(5-1)21-9-17(23-15)12-11-25-19(20-12)18-10-22-14-6-2-4-8-16(14)24-18/h1-8,11,17-18H,9-10H2/t17-,18-/m1/s1. The van der Waals surface area contributed by atoms with Crippen LogP contribution in [0.25, 0.3) is 0 Å². The van der Waals surface area contributed by atoms with Crippen molar-refractivity contribution in [2.45, 2.75) is 12.2 Å². The molecule has 0 bridgehead atoms. The van der Waals surface area contributed by atoms with E-state index < -0.39 is 0 Å². The zero-order chi connectivity index (χ0) is 16.6. The molecule has 0 N–H and O–H groups in total. The van der Waals surface area contributed by atoms with Crippen molar-refractivity contribution in [1.82, 2.24) is 4.98 Å². The molecule has 1 aromatic heterocycles. The van der Waals surface area contributed by atoms with Gasteiger partial charge in [0.1, 0.15) is 18.2 Å². The molecule has 2 atom stereocenters. The normalized spacial score (nSPS) is 21.0. The average molecular weight is 353 g/mol. The second-order valence-electron chi connectivity index (χ2n) is 5.84. The minimum absolute atomic E-state index is 0.203. The van der Waals surface area contributed by atoms with E-state index in [0.29, 0.717) is 13.2 Å². The number of hydrogen-bond acceptors (Lipinski definition) is 6. The van der Waals surface area contributed by atoms with Gasteiger partial charge in [-0.3, -0.25) is 0 Å². The zero-order valence-corrected chi connectivity index (χ0v) is 14.1. The van der Waals surface area contributed by atoms with E-state index in [1.807, 2.05) is 53.9 Å². The number of thiazole rings is 1. The SMILES string of the molecule is c1ccc2c(c1)OC[C@H](c1csc([C@H]3COc4ccccc4O3)n1)O2. The number of hydrogen-bond donors (Lipinski definition) is 0. The lowest BCUT2D eigenvalue weighted by Crippen LogP contribution is -2.23. The summed E-state index contributed by atoms with van der Waals surface area (Å²) >= 11 is 1.55. The second kappa shape index (κ2) is 5.97. The third kappa shape index (κ3) is 2.68. The van der Waals surface area contributed by atoms with Gasteiger partial charge in [-0.25, -0.2) is 4.98 Å². The first-order valence-electron chi connectivity index (χ1n) is 8.09. The van der Waals surface area contributed by atoms with Crippen LogP contribution in [0.4, 0.5) is 0 Å². The molecule has 2 aliphatic heterocycles. The Bertz CT molecular complexity index is 838. The van der Waals surface area contributed by atoms with E-state index >= 15 is 0 Å². The van der Waals surface area contributed by atoms with Crippen LogP contribution in [-0.2, 0) is 0 Å². The Morgan fingerprint density at radius 2 is 1.32 bits per heavy atom. The zero-order valence-electron chi connectivity index (χ0n) is 13.3. The van der Waals surface area contributed by atoms with Crippen molar-refractivity contribution < 1.29 is 18.9 Å². The average Bonchev–Trinajstić information content (AvgIpc) is 3.17. The predicted molar refractivity (Wildman–Crippen MR) is 92.7 cm³/mol. The van der Waals surface area contributed by atoms with E-state index in [4.69, 9.17) is 23.9 Å². The van der Waals surface area contributed by atoms with E-state index in [1.165, 1.54) is 0 Å². The van der Waals surface area contributed by atoms with Gasteiger partial charge in [0, 0.05) is 5.38 Å². The van der Waals surface area contributed by atoms with Gasteiger partial charge in [0.15, 0.2) is 35.2 Å². The molecule has 2 aromatic carbocycles. The Hall–Kier alpha value is -2.73. The largest absolute Gasteiger partial charge is 0.485 e. The number of nitrogens with zero attached hydrogens (tertiary/aromatic N) is 1. The molecule has 0 fully saturated rings. The first kappa shape index (κ1) is 14.6. The van der Waals surface area contributed by atoms with Crippen LogP contribution >= 0.6 is 11.3 Å². The van der Waals surface area contributed by atoms with Crippen molar-refractivity contribution >= 4 is 11.3 Å². The van der Waals surface area contributed by atoms with Gasteiger partial charge in [-0.05, 0) is 24.3 Å². The fourth-order valence-electron chi connectivity index (χ4n) is 2.90. The molecule has 3 aromatic rings. The summed E-state index contributed by atoms with van der Waals surface area (Å²) in [4.78, 5) is 4.71. The Morgan fingerprint density at radius 3 is 2.00 bits per heavy atom. The van der Waals surface area contributed by atoms with Crippen LogP contribution < -0.4 is 18.9 Å². The summed E-state index contributed by atoms with van der Waals surface area (Å²) < 4.78 is 23.6. The summed E-state index contributed by atoms with van der Waals surface area (Å²) in [6.07, 6.45) is -0.415. The molecule has 5 rings (SSSR count). The summed E-state index contributed by atoms with van der Waals surface area (Å²) in [5.74, 6) is 3.05. The summed E-state index contributed by atoms with van der Waals surface area (Å²) in [7, 11) is 0. The Balaban J connectivity index is 1.35. The number of para-hydroxylation sites is 4. The first-order chi connectivity index (χ1) is 12.4. The van der Waals surface area contributed by atoms with Gasteiger partial charge < -0.3 is 18.9 Å². The number of rotatable bonds is 2. The molecule has 3 heterocycles. The summed E-state index contributed by atoms with van der Waals surface area (Å²) in [6.45, 7) is 0.903.